The van der Waals surface area contributed by atoms with E-state index in [1.807, 2.05) is 6.92 Å². The van der Waals surface area contributed by atoms with Gasteiger partial charge in [0.25, 0.3) is 11.8 Å². The Bertz CT molecular complexity index is 965. The minimum absolute atomic E-state index is 0.00674. The highest BCUT2D eigenvalue weighted by Crippen LogP contribution is 2.37. The molecule has 3 rings (SSSR count). The second-order valence-corrected chi connectivity index (χ2v) is 6.63. The van der Waals surface area contributed by atoms with Gasteiger partial charge in [-0.3, -0.25) is 14.5 Å². The molecule has 2 N–H and O–H groups in total. The number of nitrogen functional groups attached to an aromatic ring is 1. The molecule has 0 aromatic heterocycles. The van der Waals surface area contributed by atoms with Crippen LogP contribution in [-0.4, -0.2) is 36.2 Å². The number of hydrogen-bond donors (Lipinski definition) is 1. The minimum Gasteiger partial charge on any atom is -0.744 e. The van der Waals surface area contributed by atoms with E-state index in [1.54, 1.807) is 6.07 Å². The van der Waals surface area contributed by atoms with E-state index in [1.165, 1.54) is 12.1 Å². The number of nitrogens with two attached hydrogens (primary N) is 1. The lowest BCUT2D eigenvalue weighted by atomic mass is 9.93. The summed E-state index contributed by atoms with van der Waals surface area (Å²) < 4.78 is 34.3. The molecule has 0 fully saturated rings. The van der Waals surface area contributed by atoms with E-state index < -0.39 is 26.8 Å². The largest absolute Gasteiger partial charge is 0.744 e. The predicted octanol–water partition coefficient (Wildman–Crippen LogP) is 1.33. The maximum atomic E-state index is 12.6. The lowest BCUT2D eigenvalue weighted by Gasteiger charge is -2.28. The first kappa shape index (κ1) is 15.4. The van der Waals surface area contributed by atoms with Crippen molar-refractivity contribution < 1.29 is 22.6 Å². The summed E-state index contributed by atoms with van der Waals surface area (Å²) in [4.78, 5) is 25.5. The van der Waals surface area contributed by atoms with Crippen molar-refractivity contribution in [2.45, 2.75) is 18.2 Å². The van der Waals surface area contributed by atoms with Crippen molar-refractivity contribution >= 4 is 38.4 Å². The summed E-state index contributed by atoms with van der Waals surface area (Å²) in [5.41, 5.74) is 5.82. The van der Waals surface area contributed by atoms with E-state index >= 15 is 0 Å². The van der Waals surface area contributed by atoms with Gasteiger partial charge in [-0.25, -0.2) is 8.42 Å². The van der Waals surface area contributed by atoms with Crippen LogP contribution in [0.2, 0.25) is 0 Å². The van der Waals surface area contributed by atoms with Gasteiger partial charge in [-0.1, -0.05) is 19.1 Å². The van der Waals surface area contributed by atoms with Crippen LogP contribution >= 0.6 is 0 Å². The predicted molar refractivity (Wildman–Crippen MR) is 82.0 cm³/mol. The van der Waals surface area contributed by atoms with Crippen LogP contribution in [0.3, 0.4) is 0 Å². The molecule has 0 aliphatic carbocycles. The second-order valence-electron chi connectivity index (χ2n) is 5.28. The van der Waals surface area contributed by atoms with Crippen molar-refractivity contribution in [2.24, 2.45) is 0 Å². The van der Waals surface area contributed by atoms with Crippen molar-refractivity contribution in [2.75, 3.05) is 12.3 Å². The zero-order chi connectivity index (χ0) is 16.9. The SMILES string of the molecule is CCCN1C(=O)c2cccc3c(N)c(S(=O)(=O)[O-])cc(c23)C1=O. The highest BCUT2D eigenvalue weighted by Gasteiger charge is 2.33. The lowest BCUT2D eigenvalue weighted by Crippen LogP contribution is -2.40. The van der Waals surface area contributed by atoms with Gasteiger partial charge in [0.05, 0.1) is 16.1 Å². The van der Waals surface area contributed by atoms with Crippen LogP contribution in [0.1, 0.15) is 34.1 Å². The maximum Gasteiger partial charge on any atom is 0.261 e. The summed E-state index contributed by atoms with van der Waals surface area (Å²) in [7, 11) is -4.84. The van der Waals surface area contributed by atoms with Crippen LogP contribution in [0.25, 0.3) is 10.8 Å². The van der Waals surface area contributed by atoms with Crippen molar-refractivity contribution in [1.82, 2.24) is 4.90 Å². The summed E-state index contributed by atoms with van der Waals surface area (Å²) in [6.45, 7) is 2.02. The first-order valence-electron chi connectivity index (χ1n) is 6.94. The Kier molecular flexibility index (Phi) is 3.38. The molecule has 2 amide bonds. The second kappa shape index (κ2) is 5.04. The van der Waals surface area contributed by atoms with E-state index in [2.05, 4.69) is 0 Å². The van der Waals surface area contributed by atoms with Crippen molar-refractivity contribution in [3.63, 3.8) is 0 Å². The van der Waals surface area contributed by atoms with Crippen LogP contribution in [0.4, 0.5) is 5.69 Å². The van der Waals surface area contributed by atoms with Gasteiger partial charge in [-0.2, -0.15) is 0 Å². The standard InChI is InChI=1S/C15H14N2O5S/c1-2-6-17-14(18)9-5-3-4-8-12(9)10(15(17)19)7-11(13(8)16)23(20,21)22/h3-5,7H,2,6,16H2,1H3,(H,20,21,22)/p-1. The molecule has 2 aromatic carbocycles. The van der Waals surface area contributed by atoms with E-state index in [-0.39, 0.29) is 28.7 Å². The summed E-state index contributed by atoms with van der Waals surface area (Å²) in [6, 6.07) is 5.55. The maximum absolute atomic E-state index is 12.6. The Morgan fingerprint density at radius 2 is 1.83 bits per heavy atom. The Balaban J connectivity index is 2.45. The van der Waals surface area contributed by atoms with Gasteiger partial charge in [-0.05, 0) is 18.6 Å². The summed E-state index contributed by atoms with van der Waals surface area (Å²) in [5.74, 6) is -1.07. The van der Waals surface area contributed by atoms with Crippen LogP contribution < -0.4 is 5.73 Å². The molecule has 0 atom stereocenters. The molecular weight excluding hydrogens is 320 g/mol. The van der Waals surface area contributed by atoms with Crippen molar-refractivity contribution in [3.05, 3.63) is 35.4 Å². The molecule has 2 aromatic rings. The monoisotopic (exact) mass is 333 g/mol. The topological polar surface area (TPSA) is 121 Å². The Labute approximate surface area is 132 Å². The number of imide groups is 1. The fraction of sp³-hybridized carbons (Fsp3) is 0.200. The molecule has 23 heavy (non-hydrogen) atoms. The van der Waals surface area contributed by atoms with E-state index in [9.17, 15) is 22.6 Å². The molecule has 1 aliphatic rings. The first-order chi connectivity index (χ1) is 10.8. The molecule has 0 bridgehead atoms. The molecule has 0 saturated carbocycles. The fourth-order valence-electron chi connectivity index (χ4n) is 2.84. The van der Waals surface area contributed by atoms with Gasteiger partial charge in [-0.15, -0.1) is 0 Å². The number of anilines is 1. The third kappa shape index (κ3) is 2.18. The summed E-state index contributed by atoms with van der Waals surface area (Å²) in [5, 5.41) is 0.507. The van der Waals surface area contributed by atoms with Gasteiger partial charge in [0, 0.05) is 22.9 Å². The minimum atomic E-state index is -4.84. The Morgan fingerprint density at radius 1 is 1.17 bits per heavy atom. The average molecular weight is 333 g/mol. The highest BCUT2D eigenvalue weighted by molar-refractivity contribution is 7.86. The van der Waals surface area contributed by atoms with Crippen LogP contribution in [0.5, 0.6) is 0 Å². The van der Waals surface area contributed by atoms with Crippen molar-refractivity contribution in [1.29, 1.82) is 0 Å². The molecular formula is C15H13N2O5S-. The van der Waals surface area contributed by atoms with Gasteiger partial charge < -0.3 is 10.3 Å². The smallest absolute Gasteiger partial charge is 0.261 e. The number of carbonyl (C=O) groups excluding carboxylic acids is 2. The molecule has 0 saturated heterocycles. The van der Waals surface area contributed by atoms with E-state index in [0.29, 0.717) is 11.8 Å². The number of hydrogen-bond acceptors (Lipinski definition) is 6. The molecule has 8 heteroatoms. The Morgan fingerprint density at radius 3 is 2.43 bits per heavy atom. The number of nitrogens with zero attached hydrogens (tertiary/aromatic N) is 1. The van der Waals surface area contributed by atoms with Gasteiger partial charge in [0.15, 0.2) is 0 Å². The molecule has 1 heterocycles. The third-order valence-corrected chi connectivity index (χ3v) is 4.71. The van der Waals surface area contributed by atoms with E-state index in [4.69, 9.17) is 5.73 Å². The summed E-state index contributed by atoms with van der Waals surface area (Å²) >= 11 is 0. The molecule has 0 radical (unpaired) electrons. The quantitative estimate of drug-likeness (QED) is 0.514. The van der Waals surface area contributed by atoms with Crippen LogP contribution in [-0.2, 0) is 10.1 Å². The van der Waals surface area contributed by atoms with Gasteiger partial charge >= 0.3 is 0 Å². The number of rotatable bonds is 3. The number of carbonyl (C=O) groups is 2. The molecule has 0 spiro atoms. The fourth-order valence-corrected chi connectivity index (χ4v) is 3.49. The average Bonchev–Trinajstić information content (AvgIpc) is 2.49. The van der Waals surface area contributed by atoms with Crippen LogP contribution in [0.15, 0.2) is 29.2 Å². The van der Waals surface area contributed by atoms with Crippen LogP contribution in [0, 0.1) is 0 Å². The van der Waals surface area contributed by atoms with Gasteiger partial charge in [0.1, 0.15) is 10.1 Å². The molecule has 7 nitrogen and oxygen atoms in total. The third-order valence-electron chi connectivity index (χ3n) is 3.83. The van der Waals surface area contributed by atoms with Crippen molar-refractivity contribution in [3.8, 4) is 0 Å². The molecule has 120 valence electrons. The normalized spacial score (nSPS) is 14.6. The zero-order valence-electron chi connectivity index (χ0n) is 12.2. The highest BCUT2D eigenvalue weighted by atomic mass is 32.2. The number of benzene rings is 2. The molecule has 0 unspecified atom stereocenters. The lowest BCUT2D eigenvalue weighted by molar-refractivity contribution is 0.0610. The Hall–Kier alpha value is -2.45. The first-order valence-corrected chi connectivity index (χ1v) is 8.35. The summed E-state index contributed by atoms with van der Waals surface area (Å²) in [6.07, 6.45) is 0.560. The zero-order valence-corrected chi connectivity index (χ0v) is 13.0. The number of amides is 2. The van der Waals surface area contributed by atoms with Gasteiger partial charge in [0.2, 0.25) is 0 Å². The van der Waals surface area contributed by atoms with E-state index in [0.717, 1.165) is 11.0 Å². The molecule has 1 aliphatic heterocycles.